The van der Waals surface area contributed by atoms with Crippen molar-refractivity contribution in [2.75, 3.05) is 23.3 Å². The summed E-state index contributed by atoms with van der Waals surface area (Å²) in [6.07, 6.45) is 12.6. The van der Waals surface area contributed by atoms with Crippen LogP contribution in [0.2, 0.25) is 0 Å². The Kier molecular flexibility index (Phi) is 5.83. The highest BCUT2D eigenvalue weighted by atomic mass is 19.1. The van der Waals surface area contributed by atoms with Crippen LogP contribution in [0, 0.1) is 5.82 Å². The molecule has 5 rings (SSSR count). The van der Waals surface area contributed by atoms with Crippen molar-refractivity contribution in [3.8, 4) is 11.3 Å². The lowest BCUT2D eigenvalue weighted by Crippen LogP contribution is -2.29. The van der Waals surface area contributed by atoms with Gasteiger partial charge < -0.3 is 14.8 Å². The van der Waals surface area contributed by atoms with Gasteiger partial charge in [0.25, 0.3) is 5.56 Å². The second-order valence-corrected chi connectivity index (χ2v) is 8.57. The van der Waals surface area contributed by atoms with Gasteiger partial charge in [-0.2, -0.15) is 0 Å². The molecule has 0 radical (unpaired) electrons. The van der Waals surface area contributed by atoms with Crippen molar-refractivity contribution in [3.63, 3.8) is 0 Å². The molecular weight excluding hydrogens is 407 g/mol. The molecule has 1 saturated carbocycles. The summed E-state index contributed by atoms with van der Waals surface area (Å²) in [7, 11) is 0. The SMILES string of the molecule is O=c1ccc(-c2nc(Nc3ccc(N4CCCCC4)cn3)ncc2F)cn1C1CCCC1. The molecule has 8 heteroatoms. The van der Waals surface area contributed by atoms with Crippen molar-refractivity contribution in [3.05, 3.63) is 59.0 Å². The summed E-state index contributed by atoms with van der Waals surface area (Å²) in [5, 5.41) is 3.07. The van der Waals surface area contributed by atoms with E-state index in [4.69, 9.17) is 0 Å². The molecule has 0 amide bonds. The molecule has 1 aliphatic carbocycles. The first-order valence-corrected chi connectivity index (χ1v) is 11.4. The fourth-order valence-electron chi connectivity index (χ4n) is 4.66. The van der Waals surface area contributed by atoms with Gasteiger partial charge in [-0.15, -0.1) is 0 Å². The lowest BCUT2D eigenvalue weighted by Gasteiger charge is -2.28. The van der Waals surface area contributed by atoms with Crippen LogP contribution < -0.4 is 15.8 Å². The first kappa shape index (κ1) is 20.6. The van der Waals surface area contributed by atoms with Gasteiger partial charge in [0.05, 0.1) is 18.1 Å². The maximum atomic E-state index is 14.6. The standard InChI is InChI=1S/C24H27FN6O/c25-20-15-27-24(28-21-10-9-19(14-26-21)30-12-4-1-5-13-30)29-23(20)17-8-11-22(32)31(16-17)18-6-2-3-7-18/h8-11,14-16,18H,1-7,12-13H2,(H,26,27,28,29). The van der Waals surface area contributed by atoms with E-state index in [9.17, 15) is 9.18 Å². The molecule has 0 aromatic carbocycles. The van der Waals surface area contributed by atoms with Gasteiger partial charge in [-0.1, -0.05) is 12.8 Å². The minimum atomic E-state index is -0.527. The third kappa shape index (κ3) is 4.35. The highest BCUT2D eigenvalue weighted by Crippen LogP contribution is 2.30. The van der Waals surface area contributed by atoms with Crippen molar-refractivity contribution in [1.29, 1.82) is 0 Å². The lowest BCUT2D eigenvalue weighted by molar-refractivity contribution is 0.503. The van der Waals surface area contributed by atoms with E-state index >= 15 is 0 Å². The number of piperidine rings is 1. The van der Waals surface area contributed by atoms with Gasteiger partial charge in [0.15, 0.2) is 5.82 Å². The molecule has 3 aromatic heterocycles. The quantitative estimate of drug-likeness (QED) is 0.628. The monoisotopic (exact) mass is 434 g/mol. The van der Waals surface area contributed by atoms with Crippen LogP contribution in [0.5, 0.6) is 0 Å². The summed E-state index contributed by atoms with van der Waals surface area (Å²) in [5.41, 5.74) is 1.77. The van der Waals surface area contributed by atoms with Crippen LogP contribution in [0.3, 0.4) is 0 Å². The van der Waals surface area contributed by atoms with Gasteiger partial charge in [-0.3, -0.25) is 4.79 Å². The van der Waals surface area contributed by atoms with Gasteiger partial charge in [0, 0.05) is 37.0 Å². The Morgan fingerprint density at radius 1 is 0.938 bits per heavy atom. The molecule has 4 heterocycles. The van der Waals surface area contributed by atoms with E-state index in [0.29, 0.717) is 11.4 Å². The Hall–Kier alpha value is -3.29. The minimum absolute atomic E-state index is 0.0635. The van der Waals surface area contributed by atoms with E-state index in [2.05, 4.69) is 25.2 Å². The largest absolute Gasteiger partial charge is 0.370 e. The number of pyridine rings is 2. The molecule has 0 spiro atoms. The average Bonchev–Trinajstić information content (AvgIpc) is 3.37. The van der Waals surface area contributed by atoms with E-state index in [1.54, 1.807) is 16.8 Å². The van der Waals surface area contributed by atoms with Crippen LogP contribution in [-0.4, -0.2) is 32.6 Å². The first-order chi connectivity index (χ1) is 15.7. The van der Waals surface area contributed by atoms with Crippen LogP contribution in [0.1, 0.15) is 51.0 Å². The lowest BCUT2D eigenvalue weighted by atomic mass is 10.1. The van der Waals surface area contributed by atoms with Crippen LogP contribution in [0.25, 0.3) is 11.3 Å². The Morgan fingerprint density at radius 2 is 1.75 bits per heavy atom. The van der Waals surface area contributed by atoms with Crippen molar-refractivity contribution in [2.24, 2.45) is 0 Å². The number of hydrogen-bond donors (Lipinski definition) is 1. The number of anilines is 3. The van der Waals surface area contributed by atoms with Crippen LogP contribution in [-0.2, 0) is 0 Å². The average molecular weight is 435 g/mol. The fourth-order valence-corrected chi connectivity index (χ4v) is 4.66. The molecule has 1 aliphatic heterocycles. The molecule has 0 unspecified atom stereocenters. The zero-order chi connectivity index (χ0) is 21.9. The molecule has 2 fully saturated rings. The number of aromatic nitrogens is 4. The van der Waals surface area contributed by atoms with Crippen molar-refractivity contribution in [2.45, 2.75) is 51.0 Å². The molecule has 2 aliphatic rings. The van der Waals surface area contributed by atoms with Crippen LogP contribution in [0.4, 0.5) is 21.8 Å². The Morgan fingerprint density at radius 3 is 2.50 bits per heavy atom. The molecule has 1 saturated heterocycles. The highest BCUT2D eigenvalue weighted by molar-refractivity contribution is 5.61. The number of hydrogen-bond acceptors (Lipinski definition) is 6. The summed E-state index contributed by atoms with van der Waals surface area (Å²) >= 11 is 0. The molecule has 7 nitrogen and oxygen atoms in total. The highest BCUT2D eigenvalue weighted by Gasteiger charge is 2.19. The molecule has 0 atom stereocenters. The van der Waals surface area contributed by atoms with Gasteiger partial charge in [0.2, 0.25) is 5.95 Å². The summed E-state index contributed by atoms with van der Waals surface area (Å²) in [6, 6.07) is 7.20. The second kappa shape index (κ2) is 9.06. The Balaban J connectivity index is 1.37. The van der Waals surface area contributed by atoms with E-state index in [0.717, 1.165) is 50.7 Å². The topological polar surface area (TPSA) is 75.9 Å². The molecule has 3 aromatic rings. The molecule has 166 valence electrons. The smallest absolute Gasteiger partial charge is 0.250 e. The molecule has 1 N–H and O–H groups in total. The van der Waals surface area contributed by atoms with Crippen molar-refractivity contribution in [1.82, 2.24) is 19.5 Å². The number of nitrogens with one attached hydrogen (secondary N) is 1. The Bertz CT molecular complexity index is 1130. The maximum absolute atomic E-state index is 14.6. The fraction of sp³-hybridized carbons (Fsp3) is 0.417. The minimum Gasteiger partial charge on any atom is -0.370 e. The summed E-state index contributed by atoms with van der Waals surface area (Å²) in [4.78, 5) is 27.6. The zero-order valence-electron chi connectivity index (χ0n) is 18.0. The third-order valence-corrected chi connectivity index (χ3v) is 6.38. The van der Waals surface area contributed by atoms with E-state index < -0.39 is 5.82 Å². The third-order valence-electron chi connectivity index (χ3n) is 6.38. The molecular formula is C24H27FN6O. The summed E-state index contributed by atoms with van der Waals surface area (Å²) < 4.78 is 16.3. The first-order valence-electron chi connectivity index (χ1n) is 11.4. The van der Waals surface area contributed by atoms with E-state index in [1.165, 1.54) is 25.3 Å². The molecule has 0 bridgehead atoms. The number of rotatable bonds is 5. The predicted octanol–water partition coefficient (Wildman–Crippen LogP) is 4.69. The zero-order valence-corrected chi connectivity index (χ0v) is 18.0. The predicted molar refractivity (Wildman–Crippen MR) is 123 cm³/mol. The Labute approximate surface area is 186 Å². The van der Waals surface area contributed by atoms with Crippen LogP contribution in [0.15, 0.2) is 47.7 Å². The van der Waals surface area contributed by atoms with Gasteiger partial charge in [-0.25, -0.2) is 19.3 Å². The summed E-state index contributed by atoms with van der Waals surface area (Å²) in [6.45, 7) is 2.11. The number of halogens is 1. The molecule has 32 heavy (non-hydrogen) atoms. The second-order valence-electron chi connectivity index (χ2n) is 8.57. The van der Waals surface area contributed by atoms with Crippen molar-refractivity contribution < 1.29 is 4.39 Å². The van der Waals surface area contributed by atoms with Gasteiger partial charge in [-0.05, 0) is 50.3 Å². The van der Waals surface area contributed by atoms with E-state index in [-0.39, 0.29) is 23.2 Å². The van der Waals surface area contributed by atoms with Gasteiger partial charge in [0.1, 0.15) is 11.5 Å². The summed E-state index contributed by atoms with van der Waals surface area (Å²) in [5.74, 6) is 0.332. The number of nitrogens with zero attached hydrogens (tertiary/aromatic N) is 5. The van der Waals surface area contributed by atoms with Crippen molar-refractivity contribution >= 4 is 17.5 Å². The van der Waals surface area contributed by atoms with E-state index in [1.807, 2.05) is 18.3 Å². The normalized spacial score (nSPS) is 17.0. The van der Waals surface area contributed by atoms with Gasteiger partial charge >= 0.3 is 0 Å². The maximum Gasteiger partial charge on any atom is 0.250 e. The van der Waals surface area contributed by atoms with Crippen LogP contribution >= 0.6 is 0 Å².